The van der Waals surface area contributed by atoms with Gasteiger partial charge in [0, 0.05) is 23.5 Å². The molecule has 1 aromatic rings. The van der Waals surface area contributed by atoms with E-state index in [2.05, 4.69) is 31.4 Å². The number of hydrogen-bond donors (Lipinski definition) is 1. The van der Waals surface area contributed by atoms with Crippen LogP contribution in [0.4, 0.5) is 0 Å². The molecule has 2 aliphatic carbocycles. The summed E-state index contributed by atoms with van der Waals surface area (Å²) in [6.45, 7) is 6.97. The predicted octanol–water partition coefficient (Wildman–Crippen LogP) is 3.10. The van der Waals surface area contributed by atoms with Crippen molar-refractivity contribution in [3.8, 4) is 0 Å². The van der Waals surface area contributed by atoms with Gasteiger partial charge in [-0.15, -0.1) is 0 Å². The summed E-state index contributed by atoms with van der Waals surface area (Å²) in [4.78, 5) is 0. The quantitative estimate of drug-likeness (QED) is 0.771. The maximum absolute atomic E-state index is 6.20. The molecule has 2 heteroatoms. The first-order valence-electron chi connectivity index (χ1n) is 6.47. The van der Waals surface area contributed by atoms with E-state index in [0.29, 0.717) is 5.41 Å². The minimum Gasteiger partial charge on any atom is -0.345 e. The second-order valence-corrected chi connectivity index (χ2v) is 6.26. The molecule has 0 aromatic carbocycles. The highest BCUT2D eigenvalue weighted by atomic mass is 15.1. The zero-order valence-corrected chi connectivity index (χ0v) is 10.6. The van der Waals surface area contributed by atoms with Crippen molar-refractivity contribution in [3.63, 3.8) is 0 Å². The molecule has 2 atom stereocenters. The molecule has 0 radical (unpaired) electrons. The standard InChI is InChI=1S/C14H22N2/c1-9-7-10-11(15)5-4-6-12(10)16(9)13-8-14(13,2)3/h7,11,13H,4-6,8,15H2,1-3H3. The van der Waals surface area contributed by atoms with Crippen LogP contribution in [0, 0.1) is 12.3 Å². The third-order valence-electron chi connectivity index (χ3n) is 4.47. The van der Waals surface area contributed by atoms with Gasteiger partial charge in [0.2, 0.25) is 0 Å². The molecule has 0 saturated heterocycles. The number of rotatable bonds is 1. The lowest BCUT2D eigenvalue weighted by Gasteiger charge is -2.22. The molecule has 1 fully saturated rings. The Hall–Kier alpha value is -0.760. The van der Waals surface area contributed by atoms with Gasteiger partial charge in [0.15, 0.2) is 0 Å². The minimum absolute atomic E-state index is 0.283. The first kappa shape index (κ1) is 10.4. The largest absolute Gasteiger partial charge is 0.345 e. The molecule has 1 heterocycles. The van der Waals surface area contributed by atoms with E-state index in [4.69, 9.17) is 5.73 Å². The minimum atomic E-state index is 0.283. The summed E-state index contributed by atoms with van der Waals surface area (Å²) in [5.41, 5.74) is 11.1. The molecular formula is C14H22N2. The van der Waals surface area contributed by atoms with E-state index in [1.165, 1.54) is 36.2 Å². The number of nitrogens with two attached hydrogens (primary N) is 1. The number of aryl methyl sites for hydroxylation is 1. The first-order valence-corrected chi connectivity index (χ1v) is 6.47. The van der Waals surface area contributed by atoms with E-state index in [1.807, 2.05) is 0 Å². The molecule has 0 amide bonds. The summed E-state index contributed by atoms with van der Waals surface area (Å²) in [6, 6.07) is 3.33. The topological polar surface area (TPSA) is 30.9 Å². The summed E-state index contributed by atoms with van der Waals surface area (Å²) in [7, 11) is 0. The molecule has 2 nitrogen and oxygen atoms in total. The molecular weight excluding hydrogens is 196 g/mol. The van der Waals surface area contributed by atoms with Gasteiger partial charge < -0.3 is 10.3 Å². The van der Waals surface area contributed by atoms with E-state index in [0.717, 1.165) is 12.5 Å². The molecule has 3 rings (SSSR count). The lowest BCUT2D eigenvalue weighted by atomic mass is 9.93. The molecule has 2 unspecified atom stereocenters. The van der Waals surface area contributed by atoms with Crippen LogP contribution in [0.3, 0.4) is 0 Å². The smallest absolute Gasteiger partial charge is 0.0393 e. The Morgan fingerprint density at radius 2 is 2.12 bits per heavy atom. The van der Waals surface area contributed by atoms with Gasteiger partial charge in [-0.05, 0) is 49.7 Å². The Kier molecular flexibility index (Phi) is 2.03. The van der Waals surface area contributed by atoms with Crippen molar-refractivity contribution >= 4 is 0 Å². The zero-order chi connectivity index (χ0) is 11.5. The second kappa shape index (κ2) is 3.13. The Morgan fingerprint density at radius 1 is 1.44 bits per heavy atom. The lowest BCUT2D eigenvalue weighted by molar-refractivity contribution is 0.496. The Labute approximate surface area is 97.8 Å². The second-order valence-electron chi connectivity index (χ2n) is 6.26. The molecule has 0 spiro atoms. The van der Waals surface area contributed by atoms with Gasteiger partial charge in [-0.3, -0.25) is 0 Å². The van der Waals surface area contributed by atoms with Crippen LogP contribution >= 0.6 is 0 Å². The summed E-state index contributed by atoms with van der Waals surface area (Å²) in [5.74, 6) is 0. The van der Waals surface area contributed by atoms with E-state index in [9.17, 15) is 0 Å². The molecule has 0 aliphatic heterocycles. The third-order valence-corrected chi connectivity index (χ3v) is 4.47. The summed E-state index contributed by atoms with van der Waals surface area (Å²) in [6.07, 6.45) is 4.96. The highest BCUT2D eigenvalue weighted by Crippen LogP contribution is 2.57. The molecule has 16 heavy (non-hydrogen) atoms. The van der Waals surface area contributed by atoms with Gasteiger partial charge in [0.1, 0.15) is 0 Å². The van der Waals surface area contributed by atoms with Crippen LogP contribution in [0.15, 0.2) is 6.07 Å². The van der Waals surface area contributed by atoms with Crippen LogP contribution in [-0.4, -0.2) is 4.57 Å². The highest BCUT2D eigenvalue weighted by molar-refractivity contribution is 5.34. The zero-order valence-electron chi connectivity index (χ0n) is 10.6. The van der Waals surface area contributed by atoms with Crippen molar-refractivity contribution in [3.05, 3.63) is 23.0 Å². The van der Waals surface area contributed by atoms with E-state index < -0.39 is 0 Å². The fourth-order valence-corrected chi connectivity index (χ4v) is 3.27. The van der Waals surface area contributed by atoms with Crippen LogP contribution in [-0.2, 0) is 6.42 Å². The van der Waals surface area contributed by atoms with Gasteiger partial charge in [0.05, 0.1) is 0 Å². The average Bonchev–Trinajstić information content (AvgIpc) is 2.68. The molecule has 1 saturated carbocycles. The van der Waals surface area contributed by atoms with Crippen molar-refractivity contribution in [1.82, 2.24) is 4.57 Å². The monoisotopic (exact) mass is 218 g/mol. The maximum Gasteiger partial charge on any atom is 0.0393 e. The molecule has 1 aromatic heterocycles. The predicted molar refractivity (Wildman–Crippen MR) is 66.5 cm³/mol. The van der Waals surface area contributed by atoms with Crippen molar-refractivity contribution in [2.75, 3.05) is 0 Å². The Morgan fingerprint density at radius 3 is 2.75 bits per heavy atom. The van der Waals surface area contributed by atoms with Gasteiger partial charge in [0.25, 0.3) is 0 Å². The SMILES string of the molecule is Cc1cc2c(n1C1CC1(C)C)CCCC2N. The summed E-state index contributed by atoms with van der Waals surface area (Å²) in [5, 5.41) is 0. The van der Waals surface area contributed by atoms with Crippen molar-refractivity contribution in [2.45, 2.75) is 58.5 Å². The van der Waals surface area contributed by atoms with Crippen molar-refractivity contribution < 1.29 is 0 Å². The van der Waals surface area contributed by atoms with Gasteiger partial charge in [-0.25, -0.2) is 0 Å². The van der Waals surface area contributed by atoms with E-state index in [1.54, 1.807) is 0 Å². The molecule has 2 N–H and O–H groups in total. The van der Waals surface area contributed by atoms with E-state index in [-0.39, 0.29) is 6.04 Å². The van der Waals surface area contributed by atoms with Crippen LogP contribution in [0.2, 0.25) is 0 Å². The van der Waals surface area contributed by atoms with Gasteiger partial charge in [-0.2, -0.15) is 0 Å². The van der Waals surface area contributed by atoms with Crippen LogP contribution in [0.25, 0.3) is 0 Å². The first-order chi connectivity index (χ1) is 7.50. The maximum atomic E-state index is 6.20. The highest BCUT2D eigenvalue weighted by Gasteiger charge is 2.48. The third kappa shape index (κ3) is 1.36. The van der Waals surface area contributed by atoms with Crippen LogP contribution < -0.4 is 5.73 Å². The number of fused-ring (bicyclic) bond motifs is 1. The van der Waals surface area contributed by atoms with Crippen molar-refractivity contribution in [2.24, 2.45) is 11.1 Å². The Bertz CT molecular complexity index is 428. The van der Waals surface area contributed by atoms with E-state index >= 15 is 0 Å². The number of nitrogens with zero attached hydrogens (tertiary/aromatic N) is 1. The van der Waals surface area contributed by atoms with Gasteiger partial charge >= 0.3 is 0 Å². The van der Waals surface area contributed by atoms with Crippen LogP contribution in [0.1, 0.15) is 62.1 Å². The molecule has 0 bridgehead atoms. The number of aromatic nitrogens is 1. The average molecular weight is 218 g/mol. The summed E-state index contributed by atoms with van der Waals surface area (Å²) < 4.78 is 2.58. The summed E-state index contributed by atoms with van der Waals surface area (Å²) >= 11 is 0. The fourth-order valence-electron chi connectivity index (χ4n) is 3.27. The molecule has 88 valence electrons. The lowest BCUT2D eigenvalue weighted by Crippen LogP contribution is -2.18. The van der Waals surface area contributed by atoms with Crippen LogP contribution in [0.5, 0.6) is 0 Å². The normalized spacial score (nSPS) is 31.2. The fraction of sp³-hybridized carbons (Fsp3) is 0.714. The molecule has 2 aliphatic rings. The van der Waals surface area contributed by atoms with Crippen molar-refractivity contribution in [1.29, 1.82) is 0 Å². The Balaban J connectivity index is 2.06. The number of hydrogen-bond acceptors (Lipinski definition) is 1. The van der Waals surface area contributed by atoms with Gasteiger partial charge in [-0.1, -0.05) is 13.8 Å².